The molecule has 2 aliphatic rings. The van der Waals surface area contributed by atoms with Gasteiger partial charge in [-0.05, 0) is 161 Å². The summed E-state index contributed by atoms with van der Waals surface area (Å²) in [5.74, 6) is 1.98. The van der Waals surface area contributed by atoms with Crippen LogP contribution in [-0.4, -0.2) is 6.71 Å². The topological polar surface area (TPSA) is 45.9 Å². The van der Waals surface area contributed by atoms with Crippen molar-refractivity contribution >= 4 is 90.3 Å². The summed E-state index contributed by atoms with van der Waals surface area (Å²) in [6, 6.07) is 47.1. The molecule has 0 radical (unpaired) electrons. The minimum absolute atomic E-state index is 0.00793. The first-order valence-electron chi connectivity index (χ1n) is 24.6. The van der Waals surface area contributed by atoms with Crippen molar-refractivity contribution in [3.8, 4) is 22.5 Å². The highest BCUT2D eigenvalue weighted by Gasteiger charge is 2.47. The van der Waals surface area contributed by atoms with E-state index in [4.69, 9.17) is 13.3 Å². The van der Waals surface area contributed by atoms with Gasteiger partial charge in [0.2, 0.25) is 5.88 Å². The number of hydrogen-bond acceptors (Lipinski definition) is 5. The zero-order chi connectivity index (χ0) is 48.0. The Morgan fingerprint density at radius 1 is 0.507 bits per heavy atom. The van der Waals surface area contributed by atoms with E-state index in [-0.39, 0.29) is 23.5 Å². The standard InChI is InChI=1S/C63H59BN2O3/c1-35(2)42-30-51-58-52(31-42)66(60-36(3)25-43(26-37(60)4)56-32-41-17-13-15-19-53(41)68-56)61-57(47-33-44(62(7,8)9)22-24-55(47)69-61)64(58)49-23-21-40(48-34-67-54-20-16-14-18-46(48)54)29-50(49)65(51)59-38(5)27-45(28-39(59)6)63(10,11)12/h13-35H,1-12H3. The lowest BCUT2D eigenvalue weighted by Gasteiger charge is -2.44. The second-order valence-corrected chi connectivity index (χ2v) is 22.2. The molecule has 0 fully saturated rings. The van der Waals surface area contributed by atoms with Gasteiger partial charge in [0.15, 0.2) is 0 Å². The maximum atomic E-state index is 7.37. The van der Waals surface area contributed by atoms with E-state index in [1.165, 1.54) is 61.3 Å². The summed E-state index contributed by atoms with van der Waals surface area (Å²) in [5.41, 5.74) is 24.1. The smallest absolute Gasteiger partial charge is 0.257 e. The van der Waals surface area contributed by atoms with Gasteiger partial charge in [-0.15, -0.1) is 0 Å². The van der Waals surface area contributed by atoms with Gasteiger partial charge in [-0.25, -0.2) is 0 Å². The lowest BCUT2D eigenvalue weighted by atomic mass is 9.33. The number of anilines is 6. The summed E-state index contributed by atoms with van der Waals surface area (Å²) in [4.78, 5) is 5.08. The minimum Gasteiger partial charge on any atom is -0.464 e. The van der Waals surface area contributed by atoms with Crippen LogP contribution < -0.4 is 26.2 Å². The summed E-state index contributed by atoms with van der Waals surface area (Å²) >= 11 is 0. The van der Waals surface area contributed by atoms with Crippen LogP contribution in [0.1, 0.15) is 100 Å². The summed E-state index contributed by atoms with van der Waals surface area (Å²) in [6.45, 7) is 27.4. The highest BCUT2D eigenvalue weighted by Crippen LogP contribution is 2.51. The Bertz CT molecular complexity index is 3670. The number of aryl methyl sites for hydroxylation is 4. The molecule has 3 aromatic heterocycles. The largest absolute Gasteiger partial charge is 0.464 e. The molecule has 342 valence electrons. The van der Waals surface area contributed by atoms with Crippen molar-refractivity contribution in [3.05, 3.63) is 173 Å². The van der Waals surface area contributed by atoms with Crippen molar-refractivity contribution in [2.45, 2.75) is 99.8 Å². The first-order valence-corrected chi connectivity index (χ1v) is 24.6. The molecule has 0 saturated carbocycles. The van der Waals surface area contributed by atoms with Gasteiger partial charge in [-0.1, -0.05) is 122 Å². The molecule has 0 bridgehead atoms. The highest BCUT2D eigenvalue weighted by atomic mass is 16.4. The Kier molecular flexibility index (Phi) is 9.48. The number of rotatable bonds is 5. The van der Waals surface area contributed by atoms with Gasteiger partial charge in [-0.3, -0.25) is 4.90 Å². The number of furan rings is 3. The van der Waals surface area contributed by atoms with E-state index < -0.39 is 0 Å². The summed E-state index contributed by atoms with van der Waals surface area (Å²) in [6.07, 6.45) is 1.93. The van der Waals surface area contributed by atoms with Crippen LogP contribution in [0.25, 0.3) is 55.4 Å². The lowest BCUT2D eigenvalue weighted by Crippen LogP contribution is -2.61. The molecular weight excluding hydrogens is 844 g/mol. The van der Waals surface area contributed by atoms with Gasteiger partial charge in [0.05, 0.1) is 17.6 Å². The molecule has 5 nitrogen and oxygen atoms in total. The monoisotopic (exact) mass is 902 g/mol. The van der Waals surface area contributed by atoms with E-state index in [1.807, 2.05) is 24.5 Å². The van der Waals surface area contributed by atoms with Crippen LogP contribution in [0.4, 0.5) is 34.3 Å². The number of nitrogens with zero attached hydrogens (tertiary/aromatic N) is 2. The van der Waals surface area contributed by atoms with Crippen LogP contribution in [0.2, 0.25) is 0 Å². The first kappa shape index (κ1) is 43.1. The van der Waals surface area contributed by atoms with Gasteiger partial charge in [0, 0.05) is 49.8 Å². The van der Waals surface area contributed by atoms with Crippen LogP contribution in [0.15, 0.2) is 147 Å². The number of hydrogen-bond donors (Lipinski definition) is 0. The van der Waals surface area contributed by atoms with E-state index in [2.05, 4.69) is 202 Å². The van der Waals surface area contributed by atoms with Crippen LogP contribution in [0.3, 0.4) is 0 Å². The summed E-state index contributed by atoms with van der Waals surface area (Å²) in [5, 5.41) is 3.35. The summed E-state index contributed by atoms with van der Waals surface area (Å²) in [7, 11) is 0. The van der Waals surface area contributed by atoms with Crippen LogP contribution >= 0.6 is 0 Å². The number of fused-ring (bicyclic) bond motifs is 8. The van der Waals surface area contributed by atoms with E-state index >= 15 is 0 Å². The second kappa shape index (κ2) is 15.2. The maximum Gasteiger partial charge on any atom is 0.257 e. The van der Waals surface area contributed by atoms with Crippen molar-refractivity contribution in [2.75, 3.05) is 9.80 Å². The van der Waals surface area contributed by atoms with Crippen molar-refractivity contribution in [2.24, 2.45) is 0 Å². The molecule has 0 spiro atoms. The van der Waals surface area contributed by atoms with Crippen molar-refractivity contribution in [1.82, 2.24) is 0 Å². The molecule has 6 heteroatoms. The van der Waals surface area contributed by atoms with Crippen molar-refractivity contribution in [3.63, 3.8) is 0 Å². The normalized spacial score (nSPS) is 13.6. The van der Waals surface area contributed by atoms with Crippen molar-refractivity contribution < 1.29 is 13.3 Å². The molecular formula is C63H59BN2O3. The van der Waals surface area contributed by atoms with E-state index in [1.54, 1.807) is 0 Å². The zero-order valence-electron chi connectivity index (χ0n) is 42.0. The number of benzene rings is 7. The third kappa shape index (κ3) is 6.66. The van der Waals surface area contributed by atoms with Gasteiger partial charge in [-0.2, -0.15) is 0 Å². The average molecular weight is 903 g/mol. The van der Waals surface area contributed by atoms with E-state index in [0.29, 0.717) is 0 Å². The van der Waals surface area contributed by atoms with Gasteiger partial charge in [0.25, 0.3) is 6.71 Å². The predicted molar refractivity (Wildman–Crippen MR) is 291 cm³/mol. The Morgan fingerprint density at radius 2 is 1.14 bits per heavy atom. The Morgan fingerprint density at radius 3 is 1.83 bits per heavy atom. The minimum atomic E-state index is -0.134. The fourth-order valence-electron chi connectivity index (χ4n) is 11.5. The quantitative estimate of drug-likeness (QED) is 0.161. The van der Waals surface area contributed by atoms with E-state index in [9.17, 15) is 0 Å². The molecule has 0 N–H and O–H groups in total. The fraction of sp³-hybridized carbons (Fsp3) is 0.238. The van der Waals surface area contributed by atoms with Crippen LogP contribution in [0.5, 0.6) is 0 Å². The molecule has 69 heavy (non-hydrogen) atoms. The molecule has 0 saturated heterocycles. The second-order valence-electron chi connectivity index (χ2n) is 22.2. The summed E-state index contributed by atoms with van der Waals surface area (Å²) < 4.78 is 20.1. The third-order valence-corrected chi connectivity index (χ3v) is 15.0. The molecule has 12 rings (SSSR count). The predicted octanol–water partition coefficient (Wildman–Crippen LogP) is 16.3. The Balaban J connectivity index is 1.19. The van der Waals surface area contributed by atoms with Gasteiger partial charge in [0.1, 0.15) is 22.5 Å². The first-order chi connectivity index (χ1) is 32.9. The molecule has 0 amide bonds. The molecule has 2 aliphatic heterocycles. The third-order valence-electron chi connectivity index (χ3n) is 15.0. The lowest BCUT2D eigenvalue weighted by molar-refractivity contribution is 0.589. The highest BCUT2D eigenvalue weighted by molar-refractivity contribution is 7.01. The Labute approximate surface area is 406 Å². The fourth-order valence-corrected chi connectivity index (χ4v) is 11.5. The van der Waals surface area contributed by atoms with Gasteiger partial charge >= 0.3 is 0 Å². The Hall–Kier alpha value is -7.18. The SMILES string of the molecule is Cc1cc(C(C)(C)C)cc(C)c1N1c2cc(-c3coc4ccccc34)ccc2B2c3c1cc(C(C)C)cc3N(c1c(C)cc(-c3cc4ccccc4o3)cc1C)c1oc3ccc(C(C)(C)C)cc3c12. The molecule has 0 unspecified atom stereocenters. The zero-order valence-corrected chi connectivity index (χ0v) is 42.0. The maximum absolute atomic E-state index is 7.37. The van der Waals surface area contributed by atoms with Crippen LogP contribution in [0, 0.1) is 27.7 Å². The number of para-hydroxylation sites is 2. The van der Waals surface area contributed by atoms with E-state index in [0.717, 1.165) is 83.7 Å². The average Bonchev–Trinajstić information content (AvgIpc) is 4.04. The van der Waals surface area contributed by atoms with Crippen LogP contribution in [-0.2, 0) is 10.8 Å². The molecule has 0 aliphatic carbocycles. The van der Waals surface area contributed by atoms with Gasteiger partial charge < -0.3 is 18.2 Å². The molecule has 10 aromatic rings. The van der Waals surface area contributed by atoms with Crippen molar-refractivity contribution in [1.29, 1.82) is 0 Å². The molecule has 0 atom stereocenters. The molecule has 5 heterocycles. The molecule has 7 aromatic carbocycles.